The first kappa shape index (κ1) is 34.3. The number of nitrogens with two attached hydrogens (primary N) is 2. The molecule has 15 heteroatoms. The van der Waals surface area contributed by atoms with E-state index in [-0.39, 0.29) is 57.9 Å². The van der Waals surface area contributed by atoms with E-state index in [1.54, 1.807) is 13.8 Å². The number of primary amides is 1. The molecule has 0 radical (unpaired) electrons. The second-order valence-corrected chi connectivity index (χ2v) is 11.1. The third-order valence-electron chi connectivity index (χ3n) is 5.80. The van der Waals surface area contributed by atoms with E-state index in [4.69, 9.17) is 16.2 Å². The maximum Gasteiger partial charge on any atom is 0.306 e. The van der Waals surface area contributed by atoms with E-state index in [1.165, 1.54) is 5.48 Å². The smallest absolute Gasteiger partial charge is 0.306 e. The first-order valence-corrected chi connectivity index (χ1v) is 13.9. The van der Waals surface area contributed by atoms with Crippen LogP contribution in [0.2, 0.25) is 6.04 Å². The van der Waals surface area contributed by atoms with Gasteiger partial charge < -0.3 is 56.8 Å². The number of ether oxygens (including phenoxy) is 1. The number of carbonyl (C=O) groups is 3. The number of carboxylic acid groups (broad SMARTS) is 1. The van der Waals surface area contributed by atoms with Crippen molar-refractivity contribution in [3.8, 4) is 0 Å². The summed E-state index contributed by atoms with van der Waals surface area (Å²) in [4.78, 5) is 67.6. The zero-order valence-corrected chi connectivity index (χ0v) is 21.9. The molecule has 0 rings (SSSR count). The van der Waals surface area contributed by atoms with Crippen LogP contribution in [-0.2, 0) is 19.1 Å². The molecule has 0 heterocycles. The van der Waals surface area contributed by atoms with Crippen molar-refractivity contribution < 1.29 is 43.7 Å². The van der Waals surface area contributed by atoms with Crippen LogP contribution in [0.3, 0.4) is 0 Å². The van der Waals surface area contributed by atoms with Crippen molar-refractivity contribution in [2.45, 2.75) is 76.6 Å². The second-order valence-electron chi connectivity index (χ2n) is 9.25. The molecule has 6 atom stereocenters. The Bertz CT molecular complexity index is 665. The Hall–Kier alpha value is -1.69. The highest BCUT2D eigenvalue weighted by molar-refractivity contribution is 6.50. The molecule has 8 N–H and O–H groups in total. The van der Waals surface area contributed by atoms with Crippen LogP contribution >= 0.6 is 0 Å². The molecule has 0 spiro atoms. The van der Waals surface area contributed by atoms with Gasteiger partial charge in [0, 0.05) is 37.1 Å². The summed E-state index contributed by atoms with van der Waals surface area (Å²) in [6.45, 7) is 3.25. The minimum atomic E-state index is -4.87. The summed E-state index contributed by atoms with van der Waals surface area (Å²) in [6.07, 6.45) is -0.489. The van der Waals surface area contributed by atoms with Gasteiger partial charge in [0.2, 0.25) is 11.8 Å². The SMILES string of the molecule is CCC(CC(CC(CC(CC(C)N)NCC(O)COCCC[Si]([O-])([O-])[O-])C(=O)N[O-])C(N)=O)C(=O)O. The molecule has 0 aliphatic carbocycles. The van der Waals surface area contributed by atoms with Crippen molar-refractivity contribution >= 4 is 26.6 Å². The number of aliphatic hydroxyl groups is 1. The quantitative estimate of drug-likeness (QED) is 0.0466. The third-order valence-corrected chi connectivity index (χ3v) is 6.77. The molecule has 36 heavy (non-hydrogen) atoms. The van der Waals surface area contributed by atoms with E-state index < -0.39 is 62.5 Å². The van der Waals surface area contributed by atoms with Gasteiger partial charge in [0.1, 0.15) is 0 Å². The lowest BCUT2D eigenvalue weighted by Gasteiger charge is -2.57. The molecule has 0 aliphatic heterocycles. The van der Waals surface area contributed by atoms with Crippen molar-refractivity contribution in [3.63, 3.8) is 0 Å². The van der Waals surface area contributed by atoms with Gasteiger partial charge in [0.25, 0.3) is 0 Å². The maximum absolute atomic E-state index is 12.3. The standard InChI is InChI=1S/C21H40N4O10Si/c1-3-14(21(29)30)8-15(19(23)27)9-16(20(28)25-31)10-17(7-13(2)22)24-11-18(26)12-35-5-4-6-36(32,33)34/h13-18,24,26H,3-12,22H2,1-2H3,(H4-,23,25,27,28,29,30,31)/q-4. The van der Waals surface area contributed by atoms with Gasteiger partial charge in [-0.15, -0.1) is 6.04 Å². The second kappa shape index (κ2) is 17.7. The number of rotatable bonds is 21. The van der Waals surface area contributed by atoms with Crippen LogP contribution in [0.1, 0.15) is 52.4 Å². The van der Waals surface area contributed by atoms with Crippen molar-refractivity contribution in [2.24, 2.45) is 29.2 Å². The summed E-state index contributed by atoms with van der Waals surface area (Å²) in [7, 11) is -4.87. The van der Waals surface area contributed by atoms with Crippen LogP contribution in [0.4, 0.5) is 0 Å². The highest BCUT2D eigenvalue weighted by Crippen LogP contribution is 2.26. The van der Waals surface area contributed by atoms with Crippen LogP contribution in [-0.4, -0.2) is 74.7 Å². The summed E-state index contributed by atoms with van der Waals surface area (Å²) in [5.74, 6) is -5.47. The fourth-order valence-corrected chi connectivity index (χ4v) is 4.46. The van der Waals surface area contributed by atoms with Gasteiger partial charge in [-0.25, -0.2) is 0 Å². The molecule has 0 aromatic rings. The van der Waals surface area contributed by atoms with Crippen molar-refractivity contribution in [1.82, 2.24) is 10.8 Å². The van der Waals surface area contributed by atoms with Crippen LogP contribution in [0.25, 0.3) is 0 Å². The summed E-state index contributed by atoms with van der Waals surface area (Å²) >= 11 is 0. The Morgan fingerprint density at radius 2 is 1.67 bits per heavy atom. The largest absolute Gasteiger partial charge is 0.881 e. The van der Waals surface area contributed by atoms with E-state index >= 15 is 0 Å². The topological polar surface area (TPSA) is 269 Å². The van der Waals surface area contributed by atoms with Gasteiger partial charge in [0.05, 0.1) is 18.6 Å². The van der Waals surface area contributed by atoms with Crippen LogP contribution in [0, 0.1) is 23.0 Å². The van der Waals surface area contributed by atoms with Crippen LogP contribution in [0.5, 0.6) is 0 Å². The molecular formula is C21H40N4O10Si-4. The summed E-state index contributed by atoms with van der Waals surface area (Å²) in [6, 6.07) is -1.28. The number of carboxylic acids is 1. The maximum atomic E-state index is 12.3. The molecule has 0 aliphatic rings. The minimum Gasteiger partial charge on any atom is -0.881 e. The van der Waals surface area contributed by atoms with Gasteiger partial charge in [-0.3, -0.25) is 23.2 Å². The Balaban J connectivity index is 5.12. The first-order valence-electron chi connectivity index (χ1n) is 12.0. The molecular weight excluding hydrogens is 496 g/mol. The normalized spacial score (nSPS) is 17.0. The first-order chi connectivity index (χ1) is 16.7. The fourth-order valence-electron chi connectivity index (χ4n) is 3.88. The molecule has 0 bridgehead atoms. The molecule has 6 unspecified atom stereocenters. The van der Waals surface area contributed by atoms with Gasteiger partial charge in [-0.1, -0.05) is 6.92 Å². The van der Waals surface area contributed by atoms with E-state index in [2.05, 4.69) is 5.32 Å². The third kappa shape index (κ3) is 16.1. The fraction of sp³-hybridized carbons (Fsp3) is 0.857. The predicted octanol–water partition coefficient (Wildman–Crippen LogP) is -3.92. The highest BCUT2D eigenvalue weighted by Gasteiger charge is 2.31. The number of amides is 2. The lowest BCUT2D eigenvalue weighted by molar-refractivity contribution is -0.506. The number of hydrogen-bond acceptors (Lipinski definition) is 11. The molecule has 0 aromatic heterocycles. The number of hydroxylamine groups is 1. The summed E-state index contributed by atoms with van der Waals surface area (Å²) in [5.41, 5.74) is 12.7. The molecule has 0 saturated carbocycles. The van der Waals surface area contributed by atoms with E-state index in [0.29, 0.717) is 6.42 Å². The van der Waals surface area contributed by atoms with E-state index in [0.717, 1.165) is 0 Å². The van der Waals surface area contributed by atoms with E-state index in [1.807, 2.05) is 0 Å². The number of aliphatic carboxylic acids is 1. The summed E-state index contributed by atoms with van der Waals surface area (Å²) in [5, 5.41) is 33.6. The zero-order chi connectivity index (χ0) is 27.9. The molecule has 0 saturated heterocycles. The number of hydrogen-bond donors (Lipinski definition) is 6. The van der Waals surface area contributed by atoms with Crippen molar-refractivity contribution in [3.05, 3.63) is 5.21 Å². The number of aliphatic hydroxyl groups excluding tert-OH is 1. The summed E-state index contributed by atoms with van der Waals surface area (Å²) < 4.78 is 5.17. The van der Waals surface area contributed by atoms with Gasteiger partial charge >= 0.3 is 5.97 Å². The number of nitrogens with one attached hydrogen (secondary N) is 2. The van der Waals surface area contributed by atoms with Crippen LogP contribution < -0.4 is 36.7 Å². The van der Waals surface area contributed by atoms with Crippen LogP contribution in [0.15, 0.2) is 0 Å². The zero-order valence-electron chi connectivity index (χ0n) is 20.9. The average molecular weight is 537 g/mol. The lowest BCUT2D eigenvalue weighted by Crippen LogP contribution is -2.73. The Labute approximate surface area is 212 Å². The lowest BCUT2D eigenvalue weighted by atomic mass is 9.82. The molecule has 0 fully saturated rings. The highest BCUT2D eigenvalue weighted by atomic mass is 28.4. The molecule has 0 aromatic carbocycles. The van der Waals surface area contributed by atoms with E-state index in [9.17, 15) is 44.2 Å². The Morgan fingerprint density at radius 3 is 2.14 bits per heavy atom. The predicted molar refractivity (Wildman–Crippen MR) is 125 cm³/mol. The molecule has 14 nitrogen and oxygen atoms in total. The van der Waals surface area contributed by atoms with Gasteiger partial charge in [-0.2, -0.15) is 0 Å². The van der Waals surface area contributed by atoms with Gasteiger partial charge in [-0.05, 0) is 45.4 Å². The molecule has 212 valence electrons. The van der Waals surface area contributed by atoms with Crippen molar-refractivity contribution in [1.29, 1.82) is 0 Å². The number of carbonyl (C=O) groups excluding carboxylic acids is 2. The molecule has 2 amide bonds. The monoisotopic (exact) mass is 536 g/mol. The minimum absolute atomic E-state index is 0.0165. The van der Waals surface area contributed by atoms with Crippen molar-refractivity contribution in [2.75, 3.05) is 19.8 Å². The Morgan fingerprint density at radius 1 is 1.06 bits per heavy atom. The Kier molecular flexibility index (Phi) is 16.9. The average Bonchev–Trinajstić information content (AvgIpc) is 2.76. The van der Waals surface area contributed by atoms with Gasteiger partial charge in [0.15, 0.2) is 0 Å².